The number of carbonyl (C=O) groups excluding carboxylic acids is 1. The van der Waals surface area contributed by atoms with Gasteiger partial charge in [-0.2, -0.15) is 0 Å². The summed E-state index contributed by atoms with van der Waals surface area (Å²) in [7, 11) is 0. The zero-order valence-corrected chi connectivity index (χ0v) is 15.5. The molecule has 1 aliphatic heterocycles. The maximum Gasteiger partial charge on any atom is 0.339 e. The molecule has 1 aromatic rings. The average molecular weight is 569 g/mol. The standard InChI is InChI=1S/C11H10I3NO2/c1-11(4-15-5-11)17-10(16)7-2-6(12)3-8(13)9(7)14/h2-3,15H,4-5H2,1H3. The Hall–Kier alpha value is 0.840. The number of esters is 1. The van der Waals surface area contributed by atoms with Gasteiger partial charge in [-0.05, 0) is 86.8 Å². The van der Waals surface area contributed by atoms with Gasteiger partial charge < -0.3 is 10.1 Å². The Morgan fingerprint density at radius 1 is 1.35 bits per heavy atom. The fourth-order valence-corrected chi connectivity index (χ4v) is 3.91. The fraction of sp³-hybridized carbons (Fsp3) is 0.364. The second-order valence-corrected chi connectivity index (χ2v) is 7.68. The van der Waals surface area contributed by atoms with Crippen LogP contribution in [0.25, 0.3) is 0 Å². The van der Waals surface area contributed by atoms with Crippen LogP contribution in [-0.2, 0) is 4.74 Å². The maximum atomic E-state index is 12.1. The van der Waals surface area contributed by atoms with Crippen molar-refractivity contribution in [1.29, 1.82) is 0 Å². The molecular weight excluding hydrogens is 559 g/mol. The summed E-state index contributed by atoms with van der Waals surface area (Å²) in [5.41, 5.74) is 0.322. The van der Waals surface area contributed by atoms with Crippen molar-refractivity contribution in [2.45, 2.75) is 12.5 Å². The number of halogens is 3. The molecule has 0 spiro atoms. The molecule has 1 N–H and O–H groups in total. The van der Waals surface area contributed by atoms with Gasteiger partial charge in [0, 0.05) is 23.8 Å². The molecule has 1 aromatic carbocycles. The van der Waals surface area contributed by atoms with Crippen LogP contribution in [0.1, 0.15) is 17.3 Å². The van der Waals surface area contributed by atoms with E-state index in [0.29, 0.717) is 5.56 Å². The van der Waals surface area contributed by atoms with E-state index >= 15 is 0 Å². The highest BCUT2D eigenvalue weighted by atomic mass is 127. The van der Waals surface area contributed by atoms with Gasteiger partial charge in [0.25, 0.3) is 0 Å². The van der Waals surface area contributed by atoms with Gasteiger partial charge in [-0.3, -0.25) is 0 Å². The highest BCUT2D eigenvalue weighted by Crippen LogP contribution is 2.25. The Labute approximate surface area is 141 Å². The summed E-state index contributed by atoms with van der Waals surface area (Å²) in [6.07, 6.45) is 0. The van der Waals surface area contributed by atoms with Gasteiger partial charge >= 0.3 is 5.97 Å². The molecule has 1 heterocycles. The van der Waals surface area contributed by atoms with E-state index in [4.69, 9.17) is 4.74 Å². The van der Waals surface area contributed by atoms with Gasteiger partial charge in [-0.25, -0.2) is 4.79 Å². The van der Waals surface area contributed by atoms with E-state index in [9.17, 15) is 4.79 Å². The Bertz CT molecular complexity index is 472. The summed E-state index contributed by atoms with van der Waals surface area (Å²) in [5, 5.41) is 3.11. The topological polar surface area (TPSA) is 38.3 Å². The summed E-state index contributed by atoms with van der Waals surface area (Å²) >= 11 is 6.64. The molecule has 0 saturated carbocycles. The van der Waals surface area contributed by atoms with Crippen molar-refractivity contribution in [2.24, 2.45) is 0 Å². The third kappa shape index (κ3) is 3.24. The van der Waals surface area contributed by atoms with Crippen molar-refractivity contribution < 1.29 is 9.53 Å². The number of hydrogen-bond acceptors (Lipinski definition) is 3. The Morgan fingerprint density at radius 3 is 2.53 bits per heavy atom. The van der Waals surface area contributed by atoms with Gasteiger partial charge in [0.05, 0.1) is 5.56 Å². The predicted octanol–water partition coefficient (Wildman–Crippen LogP) is 3.02. The molecular formula is C11H10I3NO2. The van der Waals surface area contributed by atoms with Crippen LogP contribution in [0, 0.1) is 10.7 Å². The molecule has 1 fully saturated rings. The van der Waals surface area contributed by atoms with E-state index in [1.165, 1.54) is 0 Å². The second-order valence-electron chi connectivity index (χ2n) is 4.19. The van der Waals surface area contributed by atoms with Crippen LogP contribution in [0.4, 0.5) is 0 Å². The Balaban J connectivity index is 2.24. The smallest absolute Gasteiger partial charge is 0.339 e. The Kier molecular flexibility index (Phi) is 4.57. The van der Waals surface area contributed by atoms with Crippen LogP contribution < -0.4 is 5.32 Å². The van der Waals surface area contributed by atoms with Crippen molar-refractivity contribution in [1.82, 2.24) is 5.32 Å². The second kappa shape index (κ2) is 5.45. The SMILES string of the molecule is CC1(OC(=O)c2cc(I)cc(I)c2I)CNC1. The summed E-state index contributed by atoms with van der Waals surface area (Å²) in [6, 6.07) is 3.93. The van der Waals surface area contributed by atoms with Crippen LogP contribution in [0.15, 0.2) is 12.1 Å². The molecule has 0 unspecified atom stereocenters. The maximum absolute atomic E-state index is 12.1. The van der Waals surface area contributed by atoms with Gasteiger partial charge in [-0.1, -0.05) is 0 Å². The zero-order chi connectivity index (χ0) is 12.6. The number of rotatable bonds is 2. The molecule has 6 heteroatoms. The third-order valence-electron chi connectivity index (χ3n) is 2.55. The molecule has 0 amide bonds. The minimum absolute atomic E-state index is 0.227. The molecule has 3 nitrogen and oxygen atoms in total. The molecule has 0 aliphatic carbocycles. The monoisotopic (exact) mass is 569 g/mol. The van der Waals surface area contributed by atoms with E-state index in [0.717, 1.165) is 23.8 Å². The molecule has 1 saturated heterocycles. The molecule has 1 aliphatic rings. The number of benzene rings is 1. The van der Waals surface area contributed by atoms with E-state index in [1.54, 1.807) is 0 Å². The van der Waals surface area contributed by atoms with E-state index in [-0.39, 0.29) is 11.6 Å². The van der Waals surface area contributed by atoms with Crippen LogP contribution in [0.5, 0.6) is 0 Å². The first-order valence-corrected chi connectivity index (χ1v) is 8.23. The van der Waals surface area contributed by atoms with Crippen molar-refractivity contribution in [2.75, 3.05) is 13.1 Å². The van der Waals surface area contributed by atoms with Crippen molar-refractivity contribution in [3.63, 3.8) is 0 Å². The normalized spacial score (nSPS) is 17.4. The lowest BCUT2D eigenvalue weighted by Crippen LogP contribution is -2.59. The minimum atomic E-state index is -0.340. The number of nitrogens with one attached hydrogen (secondary N) is 1. The quantitative estimate of drug-likeness (QED) is 0.339. The summed E-state index contributed by atoms with van der Waals surface area (Å²) in [5.74, 6) is -0.227. The van der Waals surface area contributed by atoms with Crippen molar-refractivity contribution >= 4 is 73.7 Å². The van der Waals surface area contributed by atoms with Gasteiger partial charge in [0.2, 0.25) is 0 Å². The number of ether oxygens (including phenoxy) is 1. The average Bonchev–Trinajstić information content (AvgIpc) is 2.21. The van der Waals surface area contributed by atoms with Crippen LogP contribution >= 0.6 is 67.8 Å². The van der Waals surface area contributed by atoms with Crippen LogP contribution in [-0.4, -0.2) is 24.7 Å². The molecule has 17 heavy (non-hydrogen) atoms. The molecule has 0 aromatic heterocycles. The molecule has 0 bridgehead atoms. The first-order valence-electron chi connectivity index (χ1n) is 5.00. The number of carbonyl (C=O) groups is 1. The summed E-state index contributed by atoms with van der Waals surface area (Å²) in [4.78, 5) is 12.1. The summed E-state index contributed by atoms with van der Waals surface area (Å²) in [6.45, 7) is 3.42. The van der Waals surface area contributed by atoms with E-state index in [1.807, 2.05) is 19.1 Å². The summed E-state index contributed by atoms with van der Waals surface area (Å²) < 4.78 is 8.63. The molecule has 2 rings (SSSR count). The molecule has 0 atom stereocenters. The van der Waals surface area contributed by atoms with Gasteiger partial charge in [-0.15, -0.1) is 0 Å². The van der Waals surface area contributed by atoms with Crippen LogP contribution in [0.2, 0.25) is 0 Å². The predicted molar refractivity (Wildman–Crippen MR) is 91.3 cm³/mol. The van der Waals surface area contributed by atoms with E-state index in [2.05, 4.69) is 73.1 Å². The van der Waals surface area contributed by atoms with E-state index < -0.39 is 0 Å². The minimum Gasteiger partial charge on any atom is -0.453 e. The lowest BCUT2D eigenvalue weighted by Gasteiger charge is -2.38. The molecule has 0 radical (unpaired) electrons. The first-order chi connectivity index (χ1) is 7.91. The third-order valence-corrected chi connectivity index (χ3v) is 6.22. The van der Waals surface area contributed by atoms with Crippen LogP contribution in [0.3, 0.4) is 0 Å². The highest BCUT2D eigenvalue weighted by molar-refractivity contribution is 14.1. The highest BCUT2D eigenvalue weighted by Gasteiger charge is 2.36. The van der Waals surface area contributed by atoms with Crippen molar-refractivity contribution in [3.05, 3.63) is 28.4 Å². The largest absolute Gasteiger partial charge is 0.453 e. The van der Waals surface area contributed by atoms with Gasteiger partial charge in [0.1, 0.15) is 5.60 Å². The van der Waals surface area contributed by atoms with Crippen molar-refractivity contribution in [3.8, 4) is 0 Å². The zero-order valence-electron chi connectivity index (χ0n) is 9.02. The fourth-order valence-electron chi connectivity index (χ4n) is 1.53. The lowest BCUT2D eigenvalue weighted by molar-refractivity contribution is -0.0350. The Morgan fingerprint density at radius 2 is 2.00 bits per heavy atom. The first kappa shape index (κ1) is 14.3. The lowest BCUT2D eigenvalue weighted by atomic mass is 10.00. The molecule has 92 valence electrons. The number of hydrogen-bond donors (Lipinski definition) is 1. The van der Waals surface area contributed by atoms with Gasteiger partial charge in [0.15, 0.2) is 0 Å².